The maximum absolute atomic E-state index is 13.0. The molecule has 1 aliphatic heterocycles. The van der Waals surface area contributed by atoms with Crippen molar-refractivity contribution in [3.63, 3.8) is 0 Å². The molecule has 1 fully saturated rings. The van der Waals surface area contributed by atoms with E-state index in [0.717, 1.165) is 42.6 Å². The second kappa shape index (κ2) is 6.63. The summed E-state index contributed by atoms with van der Waals surface area (Å²) in [5, 5.41) is 6.12. The maximum atomic E-state index is 13.0. The van der Waals surface area contributed by atoms with Crippen molar-refractivity contribution in [2.24, 2.45) is 5.92 Å². The lowest BCUT2D eigenvalue weighted by molar-refractivity contribution is -0.149. The predicted octanol–water partition coefficient (Wildman–Crippen LogP) is 2.92. The normalized spacial score (nSPS) is 19.2. The number of rotatable bonds is 3. The fraction of sp³-hybridized carbons (Fsp3) is 0.500. The number of nitrogens with zero attached hydrogens (tertiary/aromatic N) is 2. The van der Waals surface area contributed by atoms with Crippen molar-refractivity contribution in [1.82, 2.24) is 10.1 Å². The Hall–Kier alpha value is -2.15. The fourth-order valence-electron chi connectivity index (χ4n) is 3.66. The summed E-state index contributed by atoms with van der Waals surface area (Å²) in [5.41, 5.74) is 2.35. The Morgan fingerprint density at radius 1 is 1.44 bits per heavy atom. The lowest BCUT2D eigenvalue weighted by Crippen LogP contribution is -2.43. The maximum Gasteiger partial charge on any atom is 0.310 e. The Balaban J connectivity index is 1.55. The SMILES string of the molecule is CCOC(=O)C1CCCN(C(=O)c2noc3c2CCc2sccc2-3)C1. The quantitative estimate of drug-likeness (QED) is 0.787. The van der Waals surface area contributed by atoms with Crippen LogP contribution >= 0.6 is 11.3 Å². The van der Waals surface area contributed by atoms with Crippen LogP contribution in [0.4, 0.5) is 0 Å². The second-order valence-electron chi connectivity index (χ2n) is 6.44. The Labute approximate surface area is 149 Å². The van der Waals surface area contributed by atoms with E-state index < -0.39 is 0 Å². The zero-order valence-electron chi connectivity index (χ0n) is 14.1. The molecule has 132 valence electrons. The molecule has 2 aliphatic rings. The highest BCUT2D eigenvalue weighted by molar-refractivity contribution is 7.10. The van der Waals surface area contributed by atoms with Gasteiger partial charge in [0.15, 0.2) is 11.5 Å². The lowest BCUT2D eigenvalue weighted by atomic mass is 9.94. The van der Waals surface area contributed by atoms with Crippen LogP contribution in [0.15, 0.2) is 16.0 Å². The number of piperidine rings is 1. The third-order valence-corrected chi connectivity index (χ3v) is 5.89. The highest BCUT2D eigenvalue weighted by atomic mass is 32.1. The van der Waals surface area contributed by atoms with Gasteiger partial charge in [-0.05, 0) is 44.1 Å². The van der Waals surface area contributed by atoms with E-state index in [0.29, 0.717) is 25.4 Å². The van der Waals surface area contributed by atoms with Crippen LogP contribution in [-0.4, -0.2) is 41.6 Å². The summed E-state index contributed by atoms with van der Waals surface area (Å²) >= 11 is 1.71. The van der Waals surface area contributed by atoms with E-state index in [1.807, 2.05) is 11.4 Å². The number of carbonyl (C=O) groups is 2. The van der Waals surface area contributed by atoms with Gasteiger partial charge in [0.1, 0.15) is 0 Å². The van der Waals surface area contributed by atoms with Crippen LogP contribution in [0.25, 0.3) is 11.3 Å². The minimum Gasteiger partial charge on any atom is -0.466 e. The molecule has 1 saturated heterocycles. The number of thiophene rings is 1. The molecular weight excluding hydrogens is 340 g/mol. The molecule has 2 aromatic heterocycles. The van der Waals surface area contributed by atoms with Crippen molar-refractivity contribution in [2.75, 3.05) is 19.7 Å². The molecule has 3 heterocycles. The molecule has 1 unspecified atom stereocenters. The smallest absolute Gasteiger partial charge is 0.310 e. The highest BCUT2D eigenvalue weighted by Gasteiger charge is 2.34. The van der Waals surface area contributed by atoms with Gasteiger partial charge < -0.3 is 14.2 Å². The van der Waals surface area contributed by atoms with E-state index in [2.05, 4.69) is 5.16 Å². The molecule has 7 heteroatoms. The molecular formula is C18H20N2O4S. The zero-order valence-corrected chi connectivity index (χ0v) is 14.9. The van der Waals surface area contributed by atoms with Crippen molar-refractivity contribution in [2.45, 2.75) is 32.6 Å². The molecule has 25 heavy (non-hydrogen) atoms. The standard InChI is InChI=1S/C18H20N2O4S/c1-2-23-18(22)11-4-3-8-20(10-11)17(21)15-13-5-6-14-12(7-9-25-14)16(13)24-19-15/h7,9,11H,2-6,8,10H2,1H3. The molecule has 0 saturated carbocycles. The first-order valence-corrected chi connectivity index (χ1v) is 9.58. The minimum absolute atomic E-state index is 0.141. The number of aromatic nitrogens is 1. The summed E-state index contributed by atoms with van der Waals surface area (Å²) in [4.78, 5) is 28.0. The van der Waals surface area contributed by atoms with E-state index in [1.54, 1.807) is 23.2 Å². The van der Waals surface area contributed by atoms with E-state index in [-0.39, 0.29) is 17.8 Å². The van der Waals surface area contributed by atoms with Crippen LogP contribution in [0, 0.1) is 5.92 Å². The third kappa shape index (κ3) is 2.86. The first-order chi connectivity index (χ1) is 12.2. The van der Waals surface area contributed by atoms with E-state index in [4.69, 9.17) is 9.26 Å². The van der Waals surface area contributed by atoms with Crippen LogP contribution in [0.1, 0.15) is 40.7 Å². The zero-order chi connectivity index (χ0) is 17.4. The Morgan fingerprint density at radius 3 is 3.16 bits per heavy atom. The van der Waals surface area contributed by atoms with Gasteiger partial charge in [-0.15, -0.1) is 11.3 Å². The van der Waals surface area contributed by atoms with Crippen molar-refractivity contribution in [1.29, 1.82) is 0 Å². The van der Waals surface area contributed by atoms with Crippen LogP contribution < -0.4 is 0 Å². The molecule has 0 N–H and O–H groups in total. The molecule has 6 nitrogen and oxygen atoms in total. The van der Waals surface area contributed by atoms with E-state index >= 15 is 0 Å². The molecule has 1 aliphatic carbocycles. The first kappa shape index (κ1) is 16.3. The van der Waals surface area contributed by atoms with E-state index in [1.165, 1.54) is 4.88 Å². The number of aryl methyl sites for hydroxylation is 1. The van der Waals surface area contributed by atoms with Crippen molar-refractivity contribution >= 4 is 23.2 Å². The number of hydrogen-bond acceptors (Lipinski definition) is 6. The average molecular weight is 360 g/mol. The number of fused-ring (bicyclic) bond motifs is 3. The lowest BCUT2D eigenvalue weighted by Gasteiger charge is -2.31. The summed E-state index contributed by atoms with van der Waals surface area (Å²) in [6.45, 7) is 3.19. The number of esters is 1. The summed E-state index contributed by atoms with van der Waals surface area (Å²) in [6, 6.07) is 2.02. The summed E-state index contributed by atoms with van der Waals surface area (Å²) in [5.74, 6) is 0.122. The first-order valence-electron chi connectivity index (χ1n) is 8.70. The van der Waals surface area contributed by atoms with Gasteiger partial charge >= 0.3 is 5.97 Å². The van der Waals surface area contributed by atoms with E-state index in [9.17, 15) is 9.59 Å². The molecule has 0 spiro atoms. The predicted molar refractivity (Wildman–Crippen MR) is 92.5 cm³/mol. The molecule has 2 aromatic rings. The van der Waals surface area contributed by atoms with Gasteiger partial charge in [0.25, 0.3) is 5.91 Å². The molecule has 0 bridgehead atoms. The number of likely N-dealkylation sites (tertiary alicyclic amines) is 1. The Bertz CT molecular complexity index is 810. The molecule has 0 aromatic carbocycles. The molecule has 0 radical (unpaired) electrons. The van der Waals surface area contributed by atoms with Gasteiger partial charge in [0.05, 0.1) is 12.5 Å². The largest absolute Gasteiger partial charge is 0.466 e. The topological polar surface area (TPSA) is 72.6 Å². The van der Waals surface area contributed by atoms with Gasteiger partial charge in [-0.1, -0.05) is 5.16 Å². The van der Waals surface area contributed by atoms with Crippen molar-refractivity contribution < 1.29 is 18.8 Å². The average Bonchev–Trinajstić information content (AvgIpc) is 3.27. The van der Waals surface area contributed by atoms with Gasteiger partial charge in [-0.2, -0.15) is 0 Å². The summed E-state index contributed by atoms with van der Waals surface area (Å²) in [6.07, 6.45) is 3.23. The van der Waals surface area contributed by atoms with Crippen LogP contribution in [0.3, 0.4) is 0 Å². The number of hydrogen-bond donors (Lipinski definition) is 0. The number of carbonyl (C=O) groups excluding carboxylic acids is 2. The minimum atomic E-state index is -0.246. The van der Waals surface area contributed by atoms with Crippen LogP contribution in [-0.2, 0) is 22.4 Å². The second-order valence-corrected chi connectivity index (χ2v) is 7.44. The summed E-state index contributed by atoms with van der Waals surface area (Å²) < 4.78 is 10.6. The Kier molecular flexibility index (Phi) is 4.33. The summed E-state index contributed by atoms with van der Waals surface area (Å²) in [7, 11) is 0. The fourth-order valence-corrected chi connectivity index (χ4v) is 4.54. The van der Waals surface area contributed by atoms with Gasteiger partial charge in [0, 0.05) is 29.1 Å². The van der Waals surface area contributed by atoms with Crippen molar-refractivity contribution in [3.05, 3.63) is 27.6 Å². The van der Waals surface area contributed by atoms with Gasteiger partial charge in [-0.3, -0.25) is 9.59 Å². The number of ether oxygens (including phenoxy) is 1. The van der Waals surface area contributed by atoms with Crippen molar-refractivity contribution in [3.8, 4) is 11.3 Å². The third-order valence-electron chi connectivity index (χ3n) is 4.91. The van der Waals surface area contributed by atoms with Gasteiger partial charge in [0.2, 0.25) is 0 Å². The Morgan fingerprint density at radius 2 is 2.32 bits per heavy atom. The molecule has 1 atom stereocenters. The van der Waals surface area contributed by atoms with Gasteiger partial charge in [-0.25, -0.2) is 0 Å². The molecule has 1 amide bonds. The van der Waals surface area contributed by atoms with Crippen LogP contribution in [0.5, 0.6) is 0 Å². The van der Waals surface area contributed by atoms with Crippen LogP contribution in [0.2, 0.25) is 0 Å². The highest BCUT2D eigenvalue weighted by Crippen LogP contribution is 2.38. The molecule has 4 rings (SSSR count). The number of amides is 1. The monoisotopic (exact) mass is 360 g/mol.